The van der Waals surface area contributed by atoms with Crippen molar-refractivity contribution >= 4 is 26.7 Å². The van der Waals surface area contributed by atoms with Crippen LogP contribution in [0.15, 0.2) is 52.2 Å². The van der Waals surface area contributed by atoms with E-state index in [0.717, 1.165) is 31.2 Å². The van der Waals surface area contributed by atoms with Crippen LogP contribution in [0.1, 0.15) is 29.7 Å². The molecule has 1 fully saturated rings. The van der Waals surface area contributed by atoms with Crippen molar-refractivity contribution in [2.45, 2.75) is 37.0 Å². The topological polar surface area (TPSA) is 103 Å². The summed E-state index contributed by atoms with van der Waals surface area (Å²) in [7, 11) is -3.59. The predicted molar refractivity (Wildman–Crippen MR) is 124 cm³/mol. The van der Waals surface area contributed by atoms with Crippen LogP contribution in [-0.2, 0) is 34.1 Å². The SMILES string of the molecule is O=C(Cc1n[nH]c(=O)c2ccccc12)N1CCN(S(=O)(=O)c2ccc3c(c2)CCCC3)CC1. The Balaban J connectivity index is 1.27. The molecule has 8 nitrogen and oxygen atoms in total. The first-order valence-electron chi connectivity index (χ1n) is 11.3. The molecule has 2 aromatic carbocycles. The highest BCUT2D eigenvalue weighted by Crippen LogP contribution is 2.26. The average Bonchev–Trinajstić information content (AvgIpc) is 2.85. The van der Waals surface area contributed by atoms with Gasteiger partial charge in [0.2, 0.25) is 15.9 Å². The monoisotopic (exact) mass is 466 g/mol. The van der Waals surface area contributed by atoms with E-state index in [1.807, 2.05) is 18.2 Å². The number of hydrogen-bond donors (Lipinski definition) is 1. The molecular weight excluding hydrogens is 440 g/mol. The van der Waals surface area contributed by atoms with E-state index in [2.05, 4.69) is 10.2 Å². The van der Waals surface area contributed by atoms with Crippen molar-refractivity contribution in [1.82, 2.24) is 19.4 Å². The summed E-state index contributed by atoms with van der Waals surface area (Å²) in [6.07, 6.45) is 4.23. The molecule has 5 rings (SSSR count). The number of nitrogens with zero attached hydrogens (tertiary/aromatic N) is 3. The second-order valence-electron chi connectivity index (χ2n) is 8.64. The fourth-order valence-electron chi connectivity index (χ4n) is 4.76. The zero-order chi connectivity index (χ0) is 23.0. The maximum absolute atomic E-state index is 13.2. The van der Waals surface area contributed by atoms with Crippen molar-refractivity contribution in [1.29, 1.82) is 0 Å². The number of rotatable bonds is 4. The molecule has 2 heterocycles. The van der Waals surface area contributed by atoms with E-state index in [9.17, 15) is 18.0 Å². The van der Waals surface area contributed by atoms with E-state index >= 15 is 0 Å². The summed E-state index contributed by atoms with van der Waals surface area (Å²) in [4.78, 5) is 26.9. The Labute approximate surface area is 192 Å². The molecule has 0 atom stereocenters. The fourth-order valence-corrected chi connectivity index (χ4v) is 6.23. The lowest BCUT2D eigenvalue weighted by atomic mass is 9.92. The third-order valence-electron chi connectivity index (χ3n) is 6.64. The third kappa shape index (κ3) is 4.18. The van der Waals surface area contributed by atoms with Crippen LogP contribution in [0.25, 0.3) is 10.8 Å². The molecule has 1 aromatic heterocycles. The minimum Gasteiger partial charge on any atom is -0.340 e. The van der Waals surface area contributed by atoms with Crippen LogP contribution in [0.3, 0.4) is 0 Å². The minimum absolute atomic E-state index is 0.0505. The maximum Gasteiger partial charge on any atom is 0.272 e. The lowest BCUT2D eigenvalue weighted by Crippen LogP contribution is -2.50. The molecule has 3 aromatic rings. The third-order valence-corrected chi connectivity index (χ3v) is 8.54. The molecule has 1 aliphatic carbocycles. The predicted octanol–water partition coefficient (Wildman–Crippen LogP) is 1.88. The number of fused-ring (bicyclic) bond motifs is 2. The number of H-pyrrole nitrogens is 1. The standard InChI is InChI=1S/C24H26N4O4S/c29-23(16-22-20-7-3-4-8-21(20)24(30)26-25-22)27-11-13-28(14-12-27)33(31,32)19-10-9-17-5-1-2-6-18(17)15-19/h3-4,7-10,15H,1-2,5-6,11-14,16H2,(H,26,30). The van der Waals surface area contributed by atoms with Gasteiger partial charge in [-0.2, -0.15) is 9.40 Å². The summed E-state index contributed by atoms with van der Waals surface area (Å²) in [6, 6.07) is 12.5. The first-order valence-corrected chi connectivity index (χ1v) is 12.7. The summed E-state index contributed by atoms with van der Waals surface area (Å²) >= 11 is 0. The number of aromatic nitrogens is 2. The number of piperazine rings is 1. The summed E-state index contributed by atoms with van der Waals surface area (Å²) in [5.41, 5.74) is 2.61. The van der Waals surface area contributed by atoms with Crippen LogP contribution in [0, 0.1) is 0 Å². The van der Waals surface area contributed by atoms with Crippen LogP contribution in [-0.4, -0.2) is 59.9 Å². The molecule has 1 amide bonds. The van der Waals surface area contributed by atoms with Gasteiger partial charge >= 0.3 is 0 Å². The Kier molecular flexibility index (Phi) is 5.76. The largest absolute Gasteiger partial charge is 0.340 e. The molecule has 33 heavy (non-hydrogen) atoms. The molecule has 0 radical (unpaired) electrons. The van der Waals surface area contributed by atoms with E-state index < -0.39 is 10.0 Å². The number of aromatic amines is 1. The van der Waals surface area contributed by atoms with Gasteiger partial charge in [-0.05, 0) is 55.0 Å². The van der Waals surface area contributed by atoms with Gasteiger partial charge in [0.1, 0.15) is 0 Å². The first kappa shape index (κ1) is 21.8. The van der Waals surface area contributed by atoms with E-state index in [4.69, 9.17) is 0 Å². The molecule has 1 saturated heterocycles. The Bertz CT molecular complexity index is 1370. The van der Waals surface area contributed by atoms with Crippen molar-refractivity contribution in [3.63, 3.8) is 0 Å². The Morgan fingerprint density at radius 2 is 1.64 bits per heavy atom. The number of amides is 1. The molecule has 9 heteroatoms. The van der Waals surface area contributed by atoms with Gasteiger partial charge in [0.05, 0.1) is 22.4 Å². The summed E-state index contributed by atoms with van der Waals surface area (Å²) in [5, 5.41) is 7.69. The number of aryl methyl sites for hydroxylation is 2. The molecule has 0 unspecified atom stereocenters. The van der Waals surface area contributed by atoms with E-state index in [0.29, 0.717) is 34.5 Å². The number of carbonyl (C=O) groups excluding carboxylic acids is 1. The van der Waals surface area contributed by atoms with Crippen LogP contribution in [0.2, 0.25) is 0 Å². The van der Waals surface area contributed by atoms with Gasteiger partial charge < -0.3 is 4.90 Å². The Morgan fingerprint density at radius 1 is 0.939 bits per heavy atom. The van der Waals surface area contributed by atoms with Crippen LogP contribution in [0.5, 0.6) is 0 Å². The van der Waals surface area contributed by atoms with Crippen molar-refractivity contribution < 1.29 is 13.2 Å². The van der Waals surface area contributed by atoms with Gasteiger partial charge in [0.15, 0.2) is 0 Å². The summed E-state index contributed by atoms with van der Waals surface area (Å²) in [5.74, 6) is -0.134. The van der Waals surface area contributed by atoms with Gasteiger partial charge in [-0.3, -0.25) is 9.59 Å². The first-order chi connectivity index (χ1) is 15.9. The van der Waals surface area contributed by atoms with Gasteiger partial charge in [-0.25, -0.2) is 13.5 Å². The highest BCUT2D eigenvalue weighted by Gasteiger charge is 2.31. The van der Waals surface area contributed by atoms with Gasteiger partial charge in [-0.1, -0.05) is 24.3 Å². The molecule has 0 spiro atoms. The molecule has 1 N–H and O–H groups in total. The number of sulfonamides is 1. The molecule has 172 valence electrons. The maximum atomic E-state index is 13.2. The molecule has 0 bridgehead atoms. The summed E-state index contributed by atoms with van der Waals surface area (Å²) < 4.78 is 27.9. The lowest BCUT2D eigenvalue weighted by molar-refractivity contribution is -0.131. The minimum atomic E-state index is -3.59. The fraction of sp³-hybridized carbons (Fsp3) is 0.375. The lowest BCUT2D eigenvalue weighted by Gasteiger charge is -2.34. The average molecular weight is 467 g/mol. The quantitative estimate of drug-likeness (QED) is 0.632. The van der Waals surface area contributed by atoms with Crippen molar-refractivity contribution in [3.05, 3.63) is 69.6 Å². The van der Waals surface area contributed by atoms with Crippen LogP contribution >= 0.6 is 0 Å². The van der Waals surface area contributed by atoms with Crippen molar-refractivity contribution in [3.8, 4) is 0 Å². The van der Waals surface area contributed by atoms with Crippen LogP contribution in [0.4, 0.5) is 0 Å². The summed E-state index contributed by atoms with van der Waals surface area (Å²) in [6.45, 7) is 1.16. The van der Waals surface area contributed by atoms with E-state index in [-0.39, 0.29) is 31.0 Å². The van der Waals surface area contributed by atoms with Crippen LogP contribution < -0.4 is 5.56 Å². The van der Waals surface area contributed by atoms with Gasteiger partial charge in [0, 0.05) is 31.6 Å². The molecule has 1 aliphatic heterocycles. The smallest absolute Gasteiger partial charge is 0.272 e. The second kappa shape index (κ2) is 8.72. The Hall–Kier alpha value is -3.04. The molecular formula is C24H26N4O4S. The normalized spacial score (nSPS) is 17.2. The second-order valence-corrected chi connectivity index (χ2v) is 10.6. The highest BCUT2D eigenvalue weighted by atomic mass is 32.2. The highest BCUT2D eigenvalue weighted by molar-refractivity contribution is 7.89. The zero-order valence-corrected chi connectivity index (χ0v) is 19.1. The van der Waals surface area contributed by atoms with Gasteiger partial charge in [-0.15, -0.1) is 0 Å². The molecule has 2 aliphatic rings. The number of hydrogen-bond acceptors (Lipinski definition) is 5. The van der Waals surface area contributed by atoms with Gasteiger partial charge in [0.25, 0.3) is 5.56 Å². The van der Waals surface area contributed by atoms with Crippen molar-refractivity contribution in [2.24, 2.45) is 0 Å². The van der Waals surface area contributed by atoms with Crippen molar-refractivity contribution in [2.75, 3.05) is 26.2 Å². The zero-order valence-electron chi connectivity index (χ0n) is 18.3. The van der Waals surface area contributed by atoms with E-state index in [1.165, 1.54) is 9.87 Å². The van der Waals surface area contributed by atoms with E-state index in [1.54, 1.807) is 29.2 Å². The number of carbonyl (C=O) groups is 1. The number of nitrogens with one attached hydrogen (secondary N) is 1. The Morgan fingerprint density at radius 3 is 2.39 bits per heavy atom. The number of benzene rings is 2. The molecule has 0 saturated carbocycles.